The number of nitrogens with zero attached hydrogens (tertiary/aromatic N) is 4. The van der Waals surface area contributed by atoms with Gasteiger partial charge in [0.05, 0.1) is 11.9 Å². The van der Waals surface area contributed by atoms with Crippen molar-refractivity contribution in [2.45, 2.75) is 52.4 Å². The standard InChI is InChI=1S/C18H28N4O2/c1-3-4-9-22(18(24)16-14-19-15(2)13-20-16)12-8-17(23)21-10-6-5-7-11-21/h13-14H,3-12H2,1-2H3. The molecule has 0 atom stereocenters. The lowest BCUT2D eigenvalue weighted by molar-refractivity contribution is -0.132. The summed E-state index contributed by atoms with van der Waals surface area (Å²) in [5, 5.41) is 0. The highest BCUT2D eigenvalue weighted by Crippen LogP contribution is 2.11. The van der Waals surface area contributed by atoms with Crippen LogP contribution in [0.15, 0.2) is 12.4 Å². The van der Waals surface area contributed by atoms with Crippen molar-refractivity contribution in [3.05, 3.63) is 23.8 Å². The van der Waals surface area contributed by atoms with Crippen molar-refractivity contribution >= 4 is 11.8 Å². The van der Waals surface area contributed by atoms with Crippen LogP contribution >= 0.6 is 0 Å². The molecule has 24 heavy (non-hydrogen) atoms. The molecule has 1 fully saturated rings. The summed E-state index contributed by atoms with van der Waals surface area (Å²) in [7, 11) is 0. The molecule has 2 heterocycles. The molecule has 132 valence electrons. The third-order valence-electron chi connectivity index (χ3n) is 4.37. The maximum Gasteiger partial charge on any atom is 0.274 e. The van der Waals surface area contributed by atoms with Crippen molar-refractivity contribution in [1.29, 1.82) is 0 Å². The van der Waals surface area contributed by atoms with E-state index in [4.69, 9.17) is 0 Å². The van der Waals surface area contributed by atoms with Crippen LogP contribution in [0.1, 0.15) is 61.6 Å². The third kappa shape index (κ3) is 5.28. The van der Waals surface area contributed by atoms with Gasteiger partial charge < -0.3 is 9.80 Å². The molecule has 2 rings (SSSR count). The quantitative estimate of drug-likeness (QED) is 0.769. The Morgan fingerprint density at radius 2 is 1.88 bits per heavy atom. The molecule has 2 amide bonds. The Morgan fingerprint density at radius 3 is 2.50 bits per heavy atom. The zero-order chi connectivity index (χ0) is 17.4. The first-order chi connectivity index (χ1) is 11.6. The average Bonchev–Trinajstić information content (AvgIpc) is 2.62. The number of hydrogen-bond acceptors (Lipinski definition) is 4. The molecular formula is C18H28N4O2. The molecule has 6 nitrogen and oxygen atoms in total. The van der Waals surface area contributed by atoms with Crippen molar-refractivity contribution in [3.63, 3.8) is 0 Å². The molecule has 0 radical (unpaired) electrons. The van der Waals surface area contributed by atoms with Crippen LogP contribution in [0.5, 0.6) is 0 Å². The molecule has 0 unspecified atom stereocenters. The second-order valence-electron chi connectivity index (χ2n) is 6.38. The van der Waals surface area contributed by atoms with Crippen LogP contribution in [0.4, 0.5) is 0 Å². The van der Waals surface area contributed by atoms with Crippen LogP contribution in [-0.2, 0) is 4.79 Å². The van der Waals surface area contributed by atoms with Crippen molar-refractivity contribution < 1.29 is 9.59 Å². The topological polar surface area (TPSA) is 66.4 Å². The molecule has 1 aliphatic rings. The van der Waals surface area contributed by atoms with Gasteiger partial charge in [0.1, 0.15) is 5.69 Å². The van der Waals surface area contributed by atoms with Gasteiger partial charge in [-0.3, -0.25) is 14.6 Å². The highest BCUT2D eigenvalue weighted by atomic mass is 16.2. The Balaban J connectivity index is 1.95. The summed E-state index contributed by atoms with van der Waals surface area (Å²) >= 11 is 0. The third-order valence-corrected chi connectivity index (χ3v) is 4.37. The van der Waals surface area contributed by atoms with E-state index in [0.29, 0.717) is 25.2 Å². The molecular weight excluding hydrogens is 304 g/mol. The van der Waals surface area contributed by atoms with Crippen LogP contribution < -0.4 is 0 Å². The maximum atomic E-state index is 12.6. The molecule has 0 aromatic carbocycles. The van der Waals surface area contributed by atoms with Crippen molar-refractivity contribution in [1.82, 2.24) is 19.8 Å². The van der Waals surface area contributed by atoms with Crippen LogP contribution in [0, 0.1) is 6.92 Å². The highest BCUT2D eigenvalue weighted by Gasteiger charge is 2.21. The smallest absolute Gasteiger partial charge is 0.274 e. The van der Waals surface area contributed by atoms with Crippen molar-refractivity contribution in [3.8, 4) is 0 Å². The predicted octanol–water partition coefficient (Wildman–Crippen LogP) is 2.43. The minimum atomic E-state index is -0.137. The van der Waals surface area contributed by atoms with Gasteiger partial charge in [-0.25, -0.2) is 4.98 Å². The van der Waals surface area contributed by atoms with Crippen molar-refractivity contribution in [2.75, 3.05) is 26.2 Å². The number of likely N-dealkylation sites (tertiary alicyclic amines) is 1. The van der Waals surface area contributed by atoms with E-state index >= 15 is 0 Å². The summed E-state index contributed by atoms with van der Waals surface area (Å²) in [6.07, 6.45) is 8.80. The fourth-order valence-electron chi connectivity index (χ4n) is 2.86. The van der Waals surface area contributed by atoms with Gasteiger partial charge in [-0.1, -0.05) is 13.3 Å². The fourth-order valence-corrected chi connectivity index (χ4v) is 2.86. The first-order valence-corrected chi connectivity index (χ1v) is 8.97. The van der Waals surface area contributed by atoms with E-state index in [1.165, 1.54) is 12.6 Å². The molecule has 1 aromatic heterocycles. The molecule has 0 aliphatic carbocycles. The van der Waals surface area contributed by atoms with E-state index in [1.54, 1.807) is 11.1 Å². The van der Waals surface area contributed by atoms with Gasteiger partial charge in [0.25, 0.3) is 5.91 Å². The van der Waals surface area contributed by atoms with E-state index in [2.05, 4.69) is 16.9 Å². The normalized spacial score (nSPS) is 14.5. The SMILES string of the molecule is CCCCN(CCC(=O)N1CCCCC1)C(=O)c1cnc(C)cn1. The first-order valence-electron chi connectivity index (χ1n) is 8.97. The first kappa shape index (κ1) is 18.4. The Kier molecular flexibility index (Phi) is 7.15. The molecule has 1 saturated heterocycles. The van der Waals surface area contributed by atoms with Gasteiger partial charge in [0.2, 0.25) is 5.91 Å². The summed E-state index contributed by atoms with van der Waals surface area (Å²) < 4.78 is 0. The summed E-state index contributed by atoms with van der Waals surface area (Å²) in [5.41, 5.74) is 1.13. The van der Waals surface area contributed by atoms with E-state index < -0.39 is 0 Å². The van der Waals surface area contributed by atoms with Crippen LogP contribution in [0.3, 0.4) is 0 Å². The van der Waals surface area contributed by atoms with Gasteiger partial charge in [0.15, 0.2) is 0 Å². The molecule has 0 saturated carbocycles. The Bertz CT molecular complexity index is 538. The van der Waals surface area contributed by atoms with Gasteiger partial charge in [-0.05, 0) is 32.6 Å². The zero-order valence-electron chi connectivity index (χ0n) is 14.8. The monoisotopic (exact) mass is 332 g/mol. The summed E-state index contributed by atoms with van der Waals surface area (Å²) in [6, 6.07) is 0. The lowest BCUT2D eigenvalue weighted by Gasteiger charge is -2.28. The second kappa shape index (κ2) is 9.35. The second-order valence-corrected chi connectivity index (χ2v) is 6.38. The molecule has 0 bridgehead atoms. The van der Waals surface area contributed by atoms with E-state index in [9.17, 15) is 9.59 Å². The number of carbonyl (C=O) groups excluding carboxylic acids is 2. The lowest BCUT2D eigenvalue weighted by atomic mass is 10.1. The Labute approximate surface area is 144 Å². The van der Waals surface area contributed by atoms with Crippen LogP contribution in [0.25, 0.3) is 0 Å². The van der Waals surface area contributed by atoms with Gasteiger partial charge in [-0.15, -0.1) is 0 Å². The lowest BCUT2D eigenvalue weighted by Crippen LogP contribution is -2.39. The molecule has 1 aliphatic heterocycles. The molecule has 6 heteroatoms. The van der Waals surface area contributed by atoms with Crippen LogP contribution in [0.2, 0.25) is 0 Å². The number of hydrogen-bond donors (Lipinski definition) is 0. The predicted molar refractivity (Wildman–Crippen MR) is 92.6 cm³/mol. The maximum absolute atomic E-state index is 12.6. The number of amides is 2. The largest absolute Gasteiger partial charge is 0.343 e. The number of piperidine rings is 1. The Hall–Kier alpha value is -1.98. The Morgan fingerprint density at radius 1 is 1.12 bits per heavy atom. The van der Waals surface area contributed by atoms with Gasteiger partial charge in [-0.2, -0.15) is 0 Å². The molecule has 1 aromatic rings. The fraction of sp³-hybridized carbons (Fsp3) is 0.667. The number of aromatic nitrogens is 2. The minimum absolute atomic E-state index is 0.137. The number of unbranched alkanes of at least 4 members (excludes halogenated alkanes) is 1. The van der Waals surface area contributed by atoms with E-state index in [-0.39, 0.29) is 11.8 Å². The average molecular weight is 332 g/mol. The highest BCUT2D eigenvalue weighted by molar-refractivity contribution is 5.92. The summed E-state index contributed by atoms with van der Waals surface area (Å²) in [6.45, 7) is 6.73. The number of carbonyl (C=O) groups is 2. The summed E-state index contributed by atoms with van der Waals surface area (Å²) in [4.78, 5) is 37.0. The zero-order valence-corrected chi connectivity index (χ0v) is 14.8. The van der Waals surface area contributed by atoms with Crippen LogP contribution in [-0.4, -0.2) is 57.8 Å². The minimum Gasteiger partial charge on any atom is -0.343 e. The number of rotatable bonds is 7. The summed E-state index contributed by atoms with van der Waals surface area (Å²) in [5.74, 6) is 0.0152. The number of aryl methyl sites for hydroxylation is 1. The molecule has 0 N–H and O–H groups in total. The van der Waals surface area contributed by atoms with E-state index in [1.807, 2.05) is 11.8 Å². The van der Waals surface area contributed by atoms with Crippen molar-refractivity contribution in [2.24, 2.45) is 0 Å². The van der Waals surface area contributed by atoms with E-state index in [0.717, 1.165) is 44.5 Å². The molecule has 0 spiro atoms. The van der Waals surface area contributed by atoms with Gasteiger partial charge >= 0.3 is 0 Å². The van der Waals surface area contributed by atoms with Gasteiger partial charge in [0, 0.05) is 38.8 Å².